The summed E-state index contributed by atoms with van der Waals surface area (Å²) in [5.74, 6) is 1.94. The second-order valence-corrected chi connectivity index (χ2v) is 14.1. The molecule has 9 aromatic rings. The van der Waals surface area contributed by atoms with Crippen LogP contribution in [0.1, 0.15) is 0 Å². The van der Waals surface area contributed by atoms with E-state index in [0.29, 0.717) is 17.5 Å². The van der Waals surface area contributed by atoms with Crippen molar-refractivity contribution < 1.29 is 0 Å². The molecule has 53 heavy (non-hydrogen) atoms. The van der Waals surface area contributed by atoms with Gasteiger partial charge in [0.15, 0.2) is 17.5 Å². The molecule has 1 aliphatic heterocycles. The van der Waals surface area contributed by atoms with Crippen molar-refractivity contribution in [2.45, 2.75) is 9.92 Å². The van der Waals surface area contributed by atoms with Crippen molar-refractivity contribution in [3.8, 4) is 78.7 Å². The minimum atomic E-state index is 0.642. The predicted molar refractivity (Wildman–Crippen MR) is 217 cm³/mol. The molecule has 4 nitrogen and oxygen atoms in total. The van der Waals surface area contributed by atoms with Gasteiger partial charge in [0.05, 0.1) is 0 Å². The third-order valence-electron chi connectivity index (χ3n) is 9.78. The van der Waals surface area contributed by atoms with Gasteiger partial charge in [-0.3, -0.25) is 0 Å². The summed E-state index contributed by atoms with van der Waals surface area (Å²) in [5.41, 5.74) is 12.3. The third-order valence-corrected chi connectivity index (χ3v) is 10.9. The van der Waals surface area contributed by atoms with Crippen molar-refractivity contribution >= 4 is 22.5 Å². The van der Waals surface area contributed by atoms with E-state index in [1.165, 1.54) is 43.5 Å². The van der Waals surface area contributed by atoms with Gasteiger partial charge in [-0.25, -0.2) is 19.9 Å². The summed E-state index contributed by atoms with van der Waals surface area (Å²) >= 11 is 1.75. The van der Waals surface area contributed by atoms with Crippen LogP contribution in [-0.2, 0) is 0 Å². The molecule has 1 aliphatic rings. The van der Waals surface area contributed by atoms with E-state index in [2.05, 4.69) is 115 Å². The molecule has 0 bridgehead atoms. The van der Waals surface area contributed by atoms with Crippen LogP contribution in [0.5, 0.6) is 0 Å². The van der Waals surface area contributed by atoms with Gasteiger partial charge in [0.1, 0.15) is 5.03 Å². The molecule has 0 fully saturated rings. The average molecular weight is 695 g/mol. The molecule has 0 N–H and O–H groups in total. The van der Waals surface area contributed by atoms with Crippen molar-refractivity contribution in [3.05, 3.63) is 182 Å². The average Bonchev–Trinajstić information content (AvgIpc) is 3.24. The first-order valence-electron chi connectivity index (χ1n) is 17.6. The highest BCUT2D eigenvalue weighted by atomic mass is 32.2. The summed E-state index contributed by atoms with van der Waals surface area (Å²) in [7, 11) is 0. The predicted octanol–water partition coefficient (Wildman–Crippen LogP) is 12.6. The molecular formula is C48H30N4S. The fraction of sp³-hybridized carbons (Fsp3) is 0. The molecule has 0 saturated heterocycles. The third kappa shape index (κ3) is 5.87. The summed E-state index contributed by atoms with van der Waals surface area (Å²) < 4.78 is 0. The number of rotatable bonds is 6. The molecule has 2 aromatic heterocycles. The van der Waals surface area contributed by atoms with E-state index >= 15 is 0 Å². The highest BCUT2D eigenvalue weighted by Crippen LogP contribution is 2.48. The molecule has 248 valence electrons. The zero-order chi connectivity index (χ0) is 35.1. The Balaban J connectivity index is 0.996. The molecule has 3 heterocycles. The molecule has 0 spiro atoms. The quantitative estimate of drug-likeness (QED) is 0.173. The Hall–Kier alpha value is -6.69. The highest BCUT2D eigenvalue weighted by Gasteiger charge is 2.20. The molecule has 7 aromatic carbocycles. The topological polar surface area (TPSA) is 51.6 Å². The molecule has 0 radical (unpaired) electrons. The standard InChI is InChI=1S/C48H30N4S/c1-3-11-32(12-4-1)45-50-46(33-13-5-2-6-14-33)52-47(51-45)40-21-9-20-38(29-40)36-18-7-16-34(27-36)35-17-8-19-37(28-35)39-23-24-43-42(30-39)41-22-10-15-31-25-26-49-48(53-43)44(31)41/h1-30H. The van der Waals surface area contributed by atoms with Gasteiger partial charge in [-0.05, 0) is 86.3 Å². The van der Waals surface area contributed by atoms with Crippen LogP contribution in [-0.4, -0.2) is 19.9 Å². The summed E-state index contributed by atoms with van der Waals surface area (Å²) in [6.45, 7) is 0. The lowest BCUT2D eigenvalue weighted by Gasteiger charge is -2.20. The smallest absolute Gasteiger partial charge is 0.164 e. The number of hydrogen-bond donors (Lipinski definition) is 0. The van der Waals surface area contributed by atoms with Gasteiger partial charge in [0.25, 0.3) is 0 Å². The summed E-state index contributed by atoms with van der Waals surface area (Å²) in [4.78, 5) is 20.7. The molecule has 0 unspecified atom stereocenters. The zero-order valence-electron chi connectivity index (χ0n) is 28.5. The number of fused-ring (bicyclic) bond motifs is 2. The summed E-state index contributed by atoms with van der Waals surface area (Å²) in [6, 6.07) is 61.7. The van der Waals surface area contributed by atoms with Gasteiger partial charge in [0, 0.05) is 33.2 Å². The normalized spacial score (nSPS) is 11.7. The van der Waals surface area contributed by atoms with E-state index < -0.39 is 0 Å². The van der Waals surface area contributed by atoms with E-state index in [0.717, 1.165) is 38.4 Å². The van der Waals surface area contributed by atoms with Crippen LogP contribution >= 0.6 is 11.8 Å². The van der Waals surface area contributed by atoms with Gasteiger partial charge >= 0.3 is 0 Å². The Bertz CT molecular complexity index is 2750. The van der Waals surface area contributed by atoms with Gasteiger partial charge in [-0.1, -0.05) is 151 Å². The minimum Gasteiger partial charge on any atom is -0.249 e. The monoisotopic (exact) mass is 694 g/mol. The van der Waals surface area contributed by atoms with Crippen LogP contribution in [0.2, 0.25) is 0 Å². The maximum atomic E-state index is 4.96. The number of nitrogens with zero attached hydrogens (tertiary/aromatic N) is 4. The van der Waals surface area contributed by atoms with Crippen molar-refractivity contribution in [1.29, 1.82) is 0 Å². The largest absolute Gasteiger partial charge is 0.249 e. The molecule has 0 amide bonds. The van der Waals surface area contributed by atoms with Crippen LogP contribution in [0.4, 0.5) is 0 Å². The Morgan fingerprint density at radius 1 is 0.340 bits per heavy atom. The van der Waals surface area contributed by atoms with E-state index in [1.807, 2.05) is 66.9 Å². The maximum Gasteiger partial charge on any atom is 0.164 e. The molecule has 5 heteroatoms. The van der Waals surface area contributed by atoms with Gasteiger partial charge in [-0.15, -0.1) is 0 Å². The Morgan fingerprint density at radius 2 is 0.811 bits per heavy atom. The van der Waals surface area contributed by atoms with Crippen LogP contribution in [0, 0.1) is 0 Å². The van der Waals surface area contributed by atoms with Crippen LogP contribution in [0.3, 0.4) is 0 Å². The Kier molecular flexibility index (Phi) is 7.70. The molecular weight excluding hydrogens is 665 g/mol. The van der Waals surface area contributed by atoms with E-state index in [9.17, 15) is 0 Å². The second kappa shape index (κ2) is 13.1. The highest BCUT2D eigenvalue weighted by molar-refractivity contribution is 7.99. The lowest BCUT2D eigenvalue weighted by Crippen LogP contribution is -2.00. The van der Waals surface area contributed by atoms with Gasteiger partial charge in [0.2, 0.25) is 0 Å². The lowest BCUT2D eigenvalue weighted by molar-refractivity contribution is 1.07. The molecule has 0 aliphatic carbocycles. The summed E-state index contributed by atoms with van der Waals surface area (Å²) in [5, 5.41) is 3.54. The zero-order valence-corrected chi connectivity index (χ0v) is 29.3. The van der Waals surface area contributed by atoms with Gasteiger partial charge in [-0.2, -0.15) is 0 Å². The fourth-order valence-corrected chi connectivity index (χ4v) is 8.21. The fourth-order valence-electron chi connectivity index (χ4n) is 7.14. The number of hydrogen-bond acceptors (Lipinski definition) is 5. The Labute approximate surface area is 312 Å². The van der Waals surface area contributed by atoms with Crippen molar-refractivity contribution in [3.63, 3.8) is 0 Å². The second-order valence-electron chi connectivity index (χ2n) is 13.1. The first-order chi connectivity index (χ1) is 26.2. The first kappa shape index (κ1) is 31.1. The van der Waals surface area contributed by atoms with Crippen LogP contribution in [0.25, 0.3) is 89.4 Å². The van der Waals surface area contributed by atoms with E-state index in [1.54, 1.807) is 11.8 Å². The van der Waals surface area contributed by atoms with E-state index in [-0.39, 0.29) is 0 Å². The summed E-state index contributed by atoms with van der Waals surface area (Å²) in [6.07, 6.45) is 1.91. The first-order valence-corrected chi connectivity index (χ1v) is 18.4. The molecule has 0 atom stereocenters. The van der Waals surface area contributed by atoms with Crippen LogP contribution in [0.15, 0.2) is 192 Å². The number of pyridine rings is 1. The van der Waals surface area contributed by atoms with Crippen LogP contribution < -0.4 is 0 Å². The van der Waals surface area contributed by atoms with E-state index in [4.69, 9.17) is 19.9 Å². The van der Waals surface area contributed by atoms with Crippen molar-refractivity contribution in [2.24, 2.45) is 0 Å². The Morgan fingerprint density at radius 3 is 1.40 bits per heavy atom. The maximum absolute atomic E-state index is 4.96. The lowest BCUT2D eigenvalue weighted by atomic mass is 9.93. The van der Waals surface area contributed by atoms with Crippen molar-refractivity contribution in [1.82, 2.24) is 19.9 Å². The number of benzene rings is 7. The molecule has 10 rings (SSSR count). The minimum absolute atomic E-state index is 0.642. The molecule has 0 saturated carbocycles. The van der Waals surface area contributed by atoms with Gasteiger partial charge < -0.3 is 0 Å². The number of aromatic nitrogens is 4. The SMILES string of the molecule is c1ccc(-c2nc(-c3ccccc3)nc(-c3cccc(-c4cccc(-c5cccc(-c6ccc7c(c6)-c6cccc8ccnc(c68)S7)c5)c4)c3)n2)cc1. The van der Waals surface area contributed by atoms with Crippen molar-refractivity contribution in [2.75, 3.05) is 0 Å².